The molecule has 0 amide bonds. The van der Waals surface area contributed by atoms with E-state index in [9.17, 15) is 4.39 Å². The molecule has 19 heavy (non-hydrogen) atoms. The lowest BCUT2D eigenvalue weighted by molar-refractivity contribution is 0.623. The smallest absolute Gasteiger partial charge is 0.146 e. The van der Waals surface area contributed by atoms with E-state index in [2.05, 4.69) is 36.5 Å². The molecule has 0 atom stereocenters. The number of hydrogen-bond acceptors (Lipinski definition) is 2. The molecular weight excluding hydrogens is 239 g/mol. The second-order valence-corrected chi connectivity index (χ2v) is 4.67. The summed E-state index contributed by atoms with van der Waals surface area (Å²) in [7, 11) is 1.90. The quantitative estimate of drug-likeness (QED) is 0.880. The summed E-state index contributed by atoms with van der Waals surface area (Å²) in [5.74, 6) is -0.180. The van der Waals surface area contributed by atoms with Gasteiger partial charge in [-0.1, -0.05) is 29.8 Å². The first-order valence-corrected chi connectivity index (χ1v) is 6.43. The van der Waals surface area contributed by atoms with Crippen molar-refractivity contribution in [2.75, 3.05) is 30.4 Å². The van der Waals surface area contributed by atoms with Crippen LogP contribution in [0.25, 0.3) is 0 Å². The van der Waals surface area contributed by atoms with Gasteiger partial charge in [0.1, 0.15) is 5.82 Å². The Hall–Kier alpha value is -2.03. The van der Waals surface area contributed by atoms with Crippen molar-refractivity contribution in [2.24, 2.45) is 0 Å². The predicted octanol–water partition coefficient (Wildman–Crippen LogP) is 3.68. The van der Waals surface area contributed by atoms with Crippen molar-refractivity contribution in [3.63, 3.8) is 0 Å². The van der Waals surface area contributed by atoms with Gasteiger partial charge in [0, 0.05) is 25.8 Å². The van der Waals surface area contributed by atoms with Crippen molar-refractivity contribution in [2.45, 2.75) is 6.92 Å². The van der Waals surface area contributed by atoms with Gasteiger partial charge < -0.3 is 10.2 Å². The van der Waals surface area contributed by atoms with E-state index in [-0.39, 0.29) is 5.82 Å². The summed E-state index contributed by atoms with van der Waals surface area (Å²) in [6.07, 6.45) is 0. The molecule has 0 aromatic heterocycles. The van der Waals surface area contributed by atoms with Crippen LogP contribution in [0.5, 0.6) is 0 Å². The van der Waals surface area contributed by atoms with E-state index in [0.717, 1.165) is 18.8 Å². The summed E-state index contributed by atoms with van der Waals surface area (Å²) in [5, 5.41) is 3.33. The number of benzene rings is 2. The number of rotatable bonds is 5. The minimum Gasteiger partial charge on any atom is -0.383 e. The number of nitrogens with one attached hydrogen (secondary N) is 1. The van der Waals surface area contributed by atoms with Gasteiger partial charge in [-0.2, -0.15) is 0 Å². The third-order valence-corrected chi connectivity index (χ3v) is 3.09. The lowest BCUT2D eigenvalue weighted by Crippen LogP contribution is -2.25. The van der Waals surface area contributed by atoms with Crippen LogP contribution in [0.3, 0.4) is 0 Å². The molecule has 0 aliphatic carbocycles. The van der Waals surface area contributed by atoms with Crippen molar-refractivity contribution < 1.29 is 4.39 Å². The molecule has 2 aromatic carbocycles. The van der Waals surface area contributed by atoms with Crippen molar-refractivity contribution in [1.82, 2.24) is 0 Å². The van der Waals surface area contributed by atoms with Crippen LogP contribution < -0.4 is 10.2 Å². The van der Waals surface area contributed by atoms with E-state index >= 15 is 0 Å². The molecule has 3 heteroatoms. The molecule has 0 saturated carbocycles. The second kappa shape index (κ2) is 6.23. The van der Waals surface area contributed by atoms with E-state index in [1.807, 2.05) is 18.0 Å². The van der Waals surface area contributed by atoms with Crippen LogP contribution in [0.1, 0.15) is 5.56 Å². The third-order valence-electron chi connectivity index (χ3n) is 3.09. The maximum Gasteiger partial charge on any atom is 0.146 e. The molecule has 0 saturated heterocycles. The lowest BCUT2D eigenvalue weighted by Gasteiger charge is -2.20. The Balaban J connectivity index is 1.86. The number of hydrogen-bond donors (Lipinski definition) is 1. The van der Waals surface area contributed by atoms with Crippen LogP contribution in [0.2, 0.25) is 0 Å². The molecule has 2 rings (SSSR count). The fraction of sp³-hybridized carbons (Fsp3) is 0.250. The molecule has 2 nitrogen and oxygen atoms in total. The maximum absolute atomic E-state index is 13.6. The zero-order valence-corrected chi connectivity index (χ0v) is 11.4. The van der Waals surface area contributed by atoms with Crippen LogP contribution in [0, 0.1) is 12.7 Å². The Kier molecular flexibility index (Phi) is 4.39. The summed E-state index contributed by atoms with van der Waals surface area (Å²) in [5.41, 5.74) is 2.97. The summed E-state index contributed by atoms with van der Waals surface area (Å²) >= 11 is 0. The lowest BCUT2D eigenvalue weighted by atomic mass is 10.2. The number of halogens is 1. The number of aryl methyl sites for hydroxylation is 1. The Labute approximate surface area is 113 Å². The van der Waals surface area contributed by atoms with Crippen LogP contribution in [-0.4, -0.2) is 20.1 Å². The van der Waals surface area contributed by atoms with E-state index in [1.165, 1.54) is 11.6 Å². The highest BCUT2D eigenvalue weighted by molar-refractivity contribution is 5.48. The van der Waals surface area contributed by atoms with Crippen LogP contribution >= 0.6 is 0 Å². The van der Waals surface area contributed by atoms with E-state index in [1.54, 1.807) is 12.1 Å². The molecule has 2 aromatic rings. The number of likely N-dealkylation sites (N-methyl/N-ethyl adjacent to an activating group) is 1. The highest BCUT2D eigenvalue weighted by Crippen LogP contribution is 2.16. The maximum atomic E-state index is 13.6. The average molecular weight is 258 g/mol. The normalized spacial score (nSPS) is 10.3. The first-order chi connectivity index (χ1) is 9.16. The molecule has 0 radical (unpaired) electrons. The molecule has 0 fully saturated rings. The fourth-order valence-corrected chi connectivity index (χ4v) is 1.92. The van der Waals surface area contributed by atoms with Gasteiger partial charge in [0.05, 0.1) is 5.69 Å². The van der Waals surface area contributed by atoms with Gasteiger partial charge in [-0.25, -0.2) is 4.39 Å². The van der Waals surface area contributed by atoms with Gasteiger partial charge in [-0.05, 0) is 31.2 Å². The Bertz CT molecular complexity index is 523. The Morgan fingerprint density at radius 1 is 1.05 bits per heavy atom. The van der Waals surface area contributed by atoms with Gasteiger partial charge in [0.25, 0.3) is 0 Å². The van der Waals surface area contributed by atoms with E-state index in [0.29, 0.717) is 5.69 Å². The average Bonchev–Trinajstić information content (AvgIpc) is 2.41. The molecule has 1 N–H and O–H groups in total. The minimum absolute atomic E-state index is 0.180. The summed E-state index contributed by atoms with van der Waals surface area (Å²) in [6, 6.07) is 15.1. The largest absolute Gasteiger partial charge is 0.383 e. The van der Waals surface area contributed by atoms with Crippen molar-refractivity contribution in [3.8, 4) is 0 Å². The van der Waals surface area contributed by atoms with Gasteiger partial charge in [-0.15, -0.1) is 0 Å². The van der Waals surface area contributed by atoms with Crippen molar-refractivity contribution in [1.29, 1.82) is 0 Å². The van der Waals surface area contributed by atoms with Crippen LogP contribution in [0.15, 0.2) is 48.5 Å². The molecule has 0 bridgehead atoms. The highest BCUT2D eigenvalue weighted by atomic mass is 19.1. The molecule has 0 aliphatic rings. The summed E-state index contributed by atoms with van der Waals surface area (Å²) in [6.45, 7) is 3.58. The number of para-hydroxylation sites is 1. The first kappa shape index (κ1) is 13.4. The zero-order valence-electron chi connectivity index (χ0n) is 11.4. The second-order valence-electron chi connectivity index (χ2n) is 4.67. The monoisotopic (exact) mass is 258 g/mol. The standard InChI is InChI=1S/C16H19FN2/c1-13-7-9-14(10-8-13)18-11-12-19(2)16-6-4-3-5-15(16)17/h3-10,18H,11-12H2,1-2H3. The molecule has 100 valence electrons. The molecule has 0 heterocycles. The van der Waals surface area contributed by atoms with Crippen LogP contribution in [0.4, 0.5) is 15.8 Å². The first-order valence-electron chi connectivity index (χ1n) is 6.43. The molecule has 0 aliphatic heterocycles. The third kappa shape index (κ3) is 3.71. The summed E-state index contributed by atoms with van der Waals surface area (Å²) < 4.78 is 13.6. The fourth-order valence-electron chi connectivity index (χ4n) is 1.92. The minimum atomic E-state index is -0.180. The molecule has 0 spiro atoms. The summed E-state index contributed by atoms with van der Waals surface area (Å²) in [4.78, 5) is 1.91. The van der Waals surface area contributed by atoms with E-state index < -0.39 is 0 Å². The van der Waals surface area contributed by atoms with Gasteiger partial charge >= 0.3 is 0 Å². The van der Waals surface area contributed by atoms with Gasteiger partial charge in [0.15, 0.2) is 0 Å². The number of nitrogens with zero attached hydrogens (tertiary/aromatic N) is 1. The van der Waals surface area contributed by atoms with E-state index in [4.69, 9.17) is 0 Å². The SMILES string of the molecule is Cc1ccc(NCCN(C)c2ccccc2F)cc1. The zero-order chi connectivity index (χ0) is 13.7. The predicted molar refractivity (Wildman–Crippen MR) is 79.3 cm³/mol. The molecule has 0 unspecified atom stereocenters. The highest BCUT2D eigenvalue weighted by Gasteiger charge is 2.05. The number of anilines is 2. The van der Waals surface area contributed by atoms with Crippen molar-refractivity contribution >= 4 is 11.4 Å². The van der Waals surface area contributed by atoms with Gasteiger partial charge in [-0.3, -0.25) is 0 Å². The Morgan fingerprint density at radius 2 is 1.74 bits per heavy atom. The topological polar surface area (TPSA) is 15.3 Å². The van der Waals surface area contributed by atoms with Crippen molar-refractivity contribution in [3.05, 3.63) is 59.9 Å². The van der Waals surface area contributed by atoms with Crippen LogP contribution in [-0.2, 0) is 0 Å². The Morgan fingerprint density at radius 3 is 2.42 bits per heavy atom. The molecular formula is C16H19FN2. The van der Waals surface area contributed by atoms with Gasteiger partial charge in [0.2, 0.25) is 0 Å².